The van der Waals surface area contributed by atoms with Gasteiger partial charge in [-0.15, -0.1) is 0 Å². The summed E-state index contributed by atoms with van der Waals surface area (Å²) in [6.07, 6.45) is 7.25. The molecule has 2 rings (SSSR count). The van der Waals surface area contributed by atoms with E-state index in [1.165, 1.54) is 31.2 Å². The molecule has 0 atom stereocenters. The summed E-state index contributed by atoms with van der Waals surface area (Å²) in [6, 6.07) is 5.02. The molecule has 1 N–H and O–H groups in total. The predicted octanol–water partition coefficient (Wildman–Crippen LogP) is 3.84. The molecule has 1 fully saturated rings. The molecule has 0 radical (unpaired) electrons. The Hall–Kier alpha value is -1.09. The summed E-state index contributed by atoms with van der Waals surface area (Å²) in [5.74, 6) is 2.71. The molecule has 1 aliphatic carbocycles. The minimum atomic E-state index is 0.660. The van der Waals surface area contributed by atoms with E-state index in [1.807, 2.05) is 6.20 Å². The third kappa shape index (κ3) is 4.99. The molecule has 1 heterocycles. The second-order valence-corrected chi connectivity index (χ2v) is 7.07. The molecule has 1 saturated carbocycles. The lowest BCUT2D eigenvalue weighted by molar-refractivity contribution is 0.340. The van der Waals surface area contributed by atoms with Crippen LogP contribution in [0.4, 0.5) is 5.82 Å². The lowest BCUT2D eigenvalue weighted by atomic mass is 9.87. The van der Waals surface area contributed by atoms with Gasteiger partial charge in [0.1, 0.15) is 5.82 Å². The fourth-order valence-corrected chi connectivity index (χ4v) is 3.09. The molecular weight excluding hydrogens is 258 g/mol. The summed E-state index contributed by atoms with van der Waals surface area (Å²) in [4.78, 5) is 6.96. The molecule has 0 unspecified atom stereocenters. The van der Waals surface area contributed by atoms with Gasteiger partial charge in [-0.25, -0.2) is 4.98 Å². The number of aromatic nitrogens is 1. The first-order valence-corrected chi connectivity index (χ1v) is 8.44. The van der Waals surface area contributed by atoms with Gasteiger partial charge >= 0.3 is 0 Å². The molecule has 21 heavy (non-hydrogen) atoms. The van der Waals surface area contributed by atoms with Crippen molar-refractivity contribution in [1.29, 1.82) is 0 Å². The Balaban J connectivity index is 1.93. The van der Waals surface area contributed by atoms with Gasteiger partial charge in [-0.2, -0.15) is 0 Å². The highest BCUT2D eigenvalue weighted by atomic mass is 15.2. The van der Waals surface area contributed by atoms with Gasteiger partial charge in [-0.3, -0.25) is 0 Å². The predicted molar refractivity (Wildman–Crippen MR) is 90.6 cm³/mol. The summed E-state index contributed by atoms with van der Waals surface area (Å²) in [5.41, 5.74) is 1.33. The first kappa shape index (κ1) is 16.3. The zero-order chi connectivity index (χ0) is 15.2. The molecule has 1 aromatic rings. The molecule has 0 aromatic carbocycles. The Morgan fingerprint density at radius 3 is 2.67 bits per heavy atom. The fourth-order valence-electron chi connectivity index (χ4n) is 3.09. The van der Waals surface area contributed by atoms with E-state index in [-0.39, 0.29) is 0 Å². The Kier molecular flexibility index (Phi) is 6.04. The van der Waals surface area contributed by atoms with Crippen LogP contribution in [-0.2, 0) is 6.54 Å². The van der Waals surface area contributed by atoms with Crippen LogP contribution in [0.15, 0.2) is 18.3 Å². The van der Waals surface area contributed by atoms with E-state index in [1.54, 1.807) is 0 Å². The quantitative estimate of drug-likeness (QED) is 0.862. The van der Waals surface area contributed by atoms with Gasteiger partial charge in [0.2, 0.25) is 0 Å². The molecule has 0 amide bonds. The maximum atomic E-state index is 4.57. The van der Waals surface area contributed by atoms with Crippen LogP contribution in [-0.4, -0.2) is 24.6 Å². The molecule has 0 saturated heterocycles. The molecular formula is C18H31N3. The largest absolute Gasteiger partial charge is 0.357 e. The minimum Gasteiger partial charge on any atom is -0.357 e. The highest BCUT2D eigenvalue weighted by molar-refractivity contribution is 5.41. The van der Waals surface area contributed by atoms with E-state index < -0.39 is 0 Å². The van der Waals surface area contributed by atoms with Crippen LogP contribution in [0.5, 0.6) is 0 Å². The number of anilines is 1. The number of pyridine rings is 1. The van der Waals surface area contributed by atoms with Crippen LogP contribution in [0.2, 0.25) is 0 Å². The van der Waals surface area contributed by atoms with Crippen molar-refractivity contribution in [2.75, 3.05) is 18.5 Å². The van der Waals surface area contributed by atoms with Gasteiger partial charge in [0.25, 0.3) is 0 Å². The van der Waals surface area contributed by atoms with Crippen molar-refractivity contribution in [2.24, 2.45) is 11.8 Å². The van der Waals surface area contributed by atoms with E-state index in [0.717, 1.165) is 24.8 Å². The lowest BCUT2D eigenvalue weighted by Gasteiger charge is -2.34. The summed E-state index contributed by atoms with van der Waals surface area (Å²) >= 11 is 0. The molecule has 3 heteroatoms. The van der Waals surface area contributed by atoms with Crippen molar-refractivity contribution in [3.63, 3.8) is 0 Å². The van der Waals surface area contributed by atoms with Crippen LogP contribution in [0.25, 0.3) is 0 Å². The molecule has 0 bridgehead atoms. The normalized spacial score (nSPS) is 22.5. The first-order valence-electron chi connectivity index (χ1n) is 8.44. The topological polar surface area (TPSA) is 28.2 Å². The second-order valence-electron chi connectivity index (χ2n) is 7.07. The molecule has 118 valence electrons. The van der Waals surface area contributed by atoms with Gasteiger partial charge in [-0.05, 0) is 61.8 Å². The van der Waals surface area contributed by atoms with Crippen LogP contribution in [0.3, 0.4) is 0 Å². The van der Waals surface area contributed by atoms with Crippen molar-refractivity contribution < 1.29 is 0 Å². The van der Waals surface area contributed by atoms with Crippen molar-refractivity contribution in [3.05, 3.63) is 23.9 Å². The molecule has 0 aliphatic heterocycles. The average molecular weight is 289 g/mol. The zero-order valence-electron chi connectivity index (χ0n) is 14.1. The highest BCUT2D eigenvalue weighted by Crippen LogP contribution is 2.28. The van der Waals surface area contributed by atoms with Gasteiger partial charge in [-0.1, -0.05) is 20.8 Å². The number of hydrogen-bond acceptors (Lipinski definition) is 3. The number of rotatable bonds is 6. The number of nitrogens with zero attached hydrogens (tertiary/aromatic N) is 2. The maximum Gasteiger partial charge on any atom is 0.128 e. The minimum absolute atomic E-state index is 0.660. The van der Waals surface area contributed by atoms with E-state index in [9.17, 15) is 0 Å². The Bertz CT molecular complexity index is 422. The third-order valence-electron chi connectivity index (χ3n) is 4.59. The third-order valence-corrected chi connectivity index (χ3v) is 4.59. The van der Waals surface area contributed by atoms with E-state index in [0.29, 0.717) is 12.0 Å². The van der Waals surface area contributed by atoms with Crippen molar-refractivity contribution in [3.8, 4) is 0 Å². The average Bonchev–Trinajstić information content (AvgIpc) is 2.47. The SMILES string of the molecule is CC(C)CNCc1ccnc(N(C)C2CCC(C)CC2)c1. The summed E-state index contributed by atoms with van der Waals surface area (Å²) in [5, 5.41) is 3.51. The first-order chi connectivity index (χ1) is 10.1. The zero-order valence-corrected chi connectivity index (χ0v) is 14.1. The van der Waals surface area contributed by atoms with E-state index >= 15 is 0 Å². The molecule has 0 spiro atoms. The van der Waals surface area contributed by atoms with Crippen LogP contribution in [0, 0.1) is 11.8 Å². The van der Waals surface area contributed by atoms with E-state index in [2.05, 4.69) is 55.2 Å². The van der Waals surface area contributed by atoms with Crippen molar-refractivity contribution in [2.45, 2.75) is 59.0 Å². The van der Waals surface area contributed by atoms with Gasteiger partial charge in [0.15, 0.2) is 0 Å². The van der Waals surface area contributed by atoms with Gasteiger partial charge < -0.3 is 10.2 Å². The fraction of sp³-hybridized carbons (Fsp3) is 0.722. The van der Waals surface area contributed by atoms with Crippen LogP contribution >= 0.6 is 0 Å². The monoisotopic (exact) mass is 289 g/mol. The maximum absolute atomic E-state index is 4.57. The van der Waals surface area contributed by atoms with E-state index in [4.69, 9.17) is 0 Å². The summed E-state index contributed by atoms with van der Waals surface area (Å²) in [6.45, 7) is 8.85. The molecule has 1 aromatic heterocycles. The molecule has 1 aliphatic rings. The number of hydrogen-bond donors (Lipinski definition) is 1. The van der Waals surface area contributed by atoms with Gasteiger partial charge in [0.05, 0.1) is 0 Å². The number of nitrogens with one attached hydrogen (secondary N) is 1. The van der Waals surface area contributed by atoms with Crippen molar-refractivity contribution >= 4 is 5.82 Å². The lowest BCUT2D eigenvalue weighted by Crippen LogP contribution is -2.35. The molecule has 3 nitrogen and oxygen atoms in total. The standard InChI is InChI=1S/C18H31N3/c1-14(2)12-19-13-16-9-10-20-18(11-16)21(4)17-7-5-15(3)6-8-17/h9-11,14-15,17,19H,5-8,12-13H2,1-4H3. The summed E-state index contributed by atoms with van der Waals surface area (Å²) < 4.78 is 0. The Morgan fingerprint density at radius 1 is 1.29 bits per heavy atom. The van der Waals surface area contributed by atoms with Crippen molar-refractivity contribution in [1.82, 2.24) is 10.3 Å². The van der Waals surface area contributed by atoms with Crippen LogP contribution < -0.4 is 10.2 Å². The van der Waals surface area contributed by atoms with Crippen LogP contribution in [0.1, 0.15) is 52.0 Å². The summed E-state index contributed by atoms with van der Waals surface area (Å²) in [7, 11) is 2.20. The van der Waals surface area contributed by atoms with Gasteiger partial charge in [0, 0.05) is 25.8 Å². The second kappa shape index (κ2) is 7.79. The Morgan fingerprint density at radius 2 is 2.00 bits per heavy atom. The highest BCUT2D eigenvalue weighted by Gasteiger charge is 2.22. The Labute approximate surface area is 130 Å². The smallest absolute Gasteiger partial charge is 0.128 e.